The van der Waals surface area contributed by atoms with Gasteiger partial charge < -0.3 is 10.2 Å². The van der Waals surface area contributed by atoms with Gasteiger partial charge in [0.1, 0.15) is 17.0 Å². The van der Waals surface area contributed by atoms with Gasteiger partial charge in [-0.05, 0) is 57.9 Å². The fourth-order valence-electron chi connectivity index (χ4n) is 4.31. The van der Waals surface area contributed by atoms with Crippen LogP contribution < -0.4 is 5.32 Å². The van der Waals surface area contributed by atoms with Crippen molar-refractivity contribution in [3.8, 4) is 0 Å². The van der Waals surface area contributed by atoms with Crippen LogP contribution in [0.25, 0.3) is 10.2 Å². The summed E-state index contributed by atoms with van der Waals surface area (Å²) in [5.74, 6) is 0.891. The monoisotopic (exact) mass is 527 g/mol. The number of hydrogen-bond acceptors (Lipinski definition) is 6. The SMILES string of the molecule is CC(C)N(C/C=C/C(=O)N1CCc2c(sc3ncnc(Nc4cccc(Br)c4)c23)C1)C(C)C. The Bertz CT molecular complexity index is 1160. The van der Waals surface area contributed by atoms with Gasteiger partial charge in [0.05, 0.1) is 11.9 Å². The first kappa shape index (κ1) is 23.9. The number of carbonyl (C=O) groups excluding carboxylic acids is 1. The first-order chi connectivity index (χ1) is 15.8. The molecule has 0 spiro atoms. The maximum atomic E-state index is 12.9. The molecule has 1 aliphatic rings. The second-order valence-corrected chi connectivity index (χ2v) is 10.8. The first-order valence-electron chi connectivity index (χ1n) is 11.3. The van der Waals surface area contributed by atoms with Gasteiger partial charge in [-0.25, -0.2) is 9.97 Å². The minimum Gasteiger partial charge on any atom is -0.340 e. The molecule has 3 heterocycles. The number of nitrogens with zero attached hydrogens (tertiary/aromatic N) is 4. The number of anilines is 2. The number of halogens is 1. The lowest BCUT2D eigenvalue weighted by atomic mass is 10.0. The standard InChI is InChI=1S/C25H30BrN5OS/c1-16(2)31(17(3)4)11-6-9-22(32)30-12-10-20-21(14-30)33-25-23(20)24(27-15-28-25)29-19-8-5-7-18(26)13-19/h5-9,13,15-17H,10-12,14H2,1-4H3,(H,27,28,29)/b9-6+. The van der Waals surface area contributed by atoms with Gasteiger partial charge in [-0.1, -0.05) is 28.1 Å². The Hall–Kier alpha value is -2.29. The van der Waals surface area contributed by atoms with Gasteiger partial charge in [-0.2, -0.15) is 0 Å². The highest BCUT2D eigenvalue weighted by atomic mass is 79.9. The zero-order valence-electron chi connectivity index (χ0n) is 19.5. The van der Waals surface area contributed by atoms with Crippen LogP contribution >= 0.6 is 27.3 Å². The van der Waals surface area contributed by atoms with Gasteiger partial charge in [0.2, 0.25) is 5.91 Å². The molecule has 1 N–H and O–H groups in total. The van der Waals surface area contributed by atoms with E-state index in [2.05, 4.69) is 63.8 Å². The molecule has 1 aliphatic heterocycles. The number of carbonyl (C=O) groups is 1. The third-order valence-corrected chi connectivity index (χ3v) is 7.56. The van der Waals surface area contributed by atoms with E-state index in [-0.39, 0.29) is 5.91 Å². The first-order valence-corrected chi connectivity index (χ1v) is 12.9. The molecule has 174 valence electrons. The lowest BCUT2D eigenvalue weighted by Crippen LogP contribution is -2.37. The molecule has 0 saturated heterocycles. The van der Waals surface area contributed by atoms with Crippen LogP contribution in [0.2, 0.25) is 0 Å². The van der Waals surface area contributed by atoms with Gasteiger partial charge in [-0.15, -0.1) is 11.3 Å². The van der Waals surface area contributed by atoms with Crippen LogP contribution in [0.5, 0.6) is 0 Å². The molecule has 1 amide bonds. The number of nitrogens with one attached hydrogen (secondary N) is 1. The van der Waals surface area contributed by atoms with Crippen LogP contribution in [-0.2, 0) is 17.8 Å². The molecule has 3 aromatic rings. The molecular formula is C25H30BrN5OS. The molecule has 0 atom stereocenters. The fourth-order valence-corrected chi connectivity index (χ4v) is 5.91. The number of aromatic nitrogens is 2. The second-order valence-electron chi connectivity index (χ2n) is 8.84. The largest absolute Gasteiger partial charge is 0.340 e. The molecule has 33 heavy (non-hydrogen) atoms. The maximum absolute atomic E-state index is 12.9. The van der Waals surface area contributed by atoms with E-state index in [4.69, 9.17) is 0 Å². The Morgan fingerprint density at radius 1 is 1.27 bits per heavy atom. The molecule has 0 saturated carbocycles. The van der Waals surface area contributed by atoms with E-state index in [0.29, 0.717) is 25.2 Å². The summed E-state index contributed by atoms with van der Waals surface area (Å²) in [6, 6.07) is 8.93. The summed E-state index contributed by atoms with van der Waals surface area (Å²) in [6.07, 6.45) is 6.13. The summed E-state index contributed by atoms with van der Waals surface area (Å²) in [6.45, 7) is 10.8. The van der Waals surface area contributed by atoms with Crippen LogP contribution in [0, 0.1) is 0 Å². The van der Waals surface area contributed by atoms with Gasteiger partial charge in [0.15, 0.2) is 0 Å². The smallest absolute Gasteiger partial charge is 0.246 e. The molecule has 0 unspecified atom stereocenters. The van der Waals surface area contributed by atoms with E-state index >= 15 is 0 Å². The van der Waals surface area contributed by atoms with Crippen LogP contribution in [0.1, 0.15) is 38.1 Å². The number of amides is 1. The number of rotatable bonds is 7. The van der Waals surface area contributed by atoms with Gasteiger partial charge in [0, 0.05) is 46.3 Å². The zero-order valence-corrected chi connectivity index (χ0v) is 21.9. The predicted molar refractivity (Wildman–Crippen MR) is 140 cm³/mol. The van der Waals surface area contributed by atoms with Crippen LogP contribution in [-0.4, -0.2) is 50.8 Å². The topological polar surface area (TPSA) is 61.4 Å². The summed E-state index contributed by atoms with van der Waals surface area (Å²) >= 11 is 5.18. The summed E-state index contributed by atoms with van der Waals surface area (Å²) < 4.78 is 1.01. The van der Waals surface area contributed by atoms with Crippen molar-refractivity contribution in [2.24, 2.45) is 0 Å². The summed E-state index contributed by atoms with van der Waals surface area (Å²) in [5, 5.41) is 4.52. The summed E-state index contributed by atoms with van der Waals surface area (Å²) in [4.78, 5) is 28.4. The third-order valence-electron chi connectivity index (χ3n) is 5.94. The van der Waals surface area contributed by atoms with Crippen molar-refractivity contribution in [1.82, 2.24) is 19.8 Å². The lowest BCUT2D eigenvalue weighted by Gasteiger charge is -2.29. The van der Waals surface area contributed by atoms with Crippen LogP contribution in [0.15, 0.2) is 47.2 Å². The maximum Gasteiger partial charge on any atom is 0.246 e. The Labute approximate surface area is 207 Å². The molecule has 0 fully saturated rings. The molecule has 0 bridgehead atoms. The van der Waals surface area contributed by atoms with E-state index in [9.17, 15) is 4.79 Å². The Balaban J connectivity index is 1.50. The number of thiophene rings is 1. The van der Waals surface area contributed by atoms with Gasteiger partial charge in [-0.3, -0.25) is 9.69 Å². The highest BCUT2D eigenvalue weighted by Gasteiger charge is 2.25. The highest BCUT2D eigenvalue weighted by Crippen LogP contribution is 2.38. The van der Waals surface area contributed by atoms with E-state index in [1.54, 1.807) is 23.7 Å². The van der Waals surface area contributed by atoms with Crippen LogP contribution in [0.4, 0.5) is 11.5 Å². The average molecular weight is 529 g/mol. The Morgan fingerprint density at radius 3 is 2.79 bits per heavy atom. The molecular weight excluding hydrogens is 498 g/mol. The number of hydrogen-bond donors (Lipinski definition) is 1. The van der Waals surface area contributed by atoms with Gasteiger partial charge >= 0.3 is 0 Å². The molecule has 6 nitrogen and oxygen atoms in total. The molecule has 8 heteroatoms. The Kier molecular flexibility index (Phi) is 7.46. The number of fused-ring (bicyclic) bond motifs is 3. The molecule has 1 aromatic carbocycles. The Morgan fingerprint density at radius 2 is 2.06 bits per heavy atom. The molecule has 0 aliphatic carbocycles. The van der Waals surface area contributed by atoms with E-state index in [1.165, 1.54) is 10.4 Å². The van der Waals surface area contributed by atoms with Crippen molar-refractivity contribution in [3.63, 3.8) is 0 Å². The summed E-state index contributed by atoms with van der Waals surface area (Å²) in [7, 11) is 0. The third kappa shape index (κ3) is 5.45. The quantitative estimate of drug-likeness (QED) is 0.396. The minimum atomic E-state index is 0.0733. The van der Waals surface area contributed by atoms with Crippen molar-refractivity contribution in [3.05, 3.63) is 57.7 Å². The van der Waals surface area contributed by atoms with Crippen molar-refractivity contribution in [1.29, 1.82) is 0 Å². The summed E-state index contributed by atoms with van der Waals surface area (Å²) in [5.41, 5.74) is 2.23. The highest BCUT2D eigenvalue weighted by molar-refractivity contribution is 9.10. The lowest BCUT2D eigenvalue weighted by molar-refractivity contribution is -0.126. The number of benzene rings is 1. The average Bonchev–Trinajstić information content (AvgIpc) is 3.14. The van der Waals surface area contributed by atoms with Crippen molar-refractivity contribution in [2.45, 2.75) is 52.7 Å². The van der Waals surface area contributed by atoms with Gasteiger partial charge in [0.25, 0.3) is 0 Å². The molecule has 0 radical (unpaired) electrons. The van der Waals surface area contributed by atoms with Crippen molar-refractivity contribution < 1.29 is 4.79 Å². The fraction of sp³-hybridized carbons (Fsp3) is 0.400. The van der Waals surface area contributed by atoms with Crippen molar-refractivity contribution >= 4 is 54.9 Å². The molecule has 2 aromatic heterocycles. The predicted octanol–water partition coefficient (Wildman–Crippen LogP) is 5.76. The van der Waals surface area contributed by atoms with Crippen molar-refractivity contribution in [2.75, 3.05) is 18.4 Å². The van der Waals surface area contributed by atoms with Crippen LogP contribution in [0.3, 0.4) is 0 Å². The van der Waals surface area contributed by atoms with E-state index in [1.807, 2.05) is 35.2 Å². The normalized spacial score (nSPS) is 14.1. The second kappa shape index (κ2) is 10.3. The van der Waals surface area contributed by atoms with E-state index < -0.39 is 0 Å². The molecule has 4 rings (SSSR count). The van der Waals surface area contributed by atoms with E-state index in [0.717, 1.165) is 39.2 Å². The zero-order chi connectivity index (χ0) is 23.5. The minimum absolute atomic E-state index is 0.0733.